The van der Waals surface area contributed by atoms with Gasteiger partial charge in [0.25, 0.3) is 0 Å². The zero-order chi connectivity index (χ0) is 12.1. The van der Waals surface area contributed by atoms with E-state index in [9.17, 15) is 9.59 Å². The standard InChI is InChI=1S/C10H18N2O3S/c1-7(2)3-4-11-10(15)12-6-16-5-8(12)9(13)14/h7-8H,3-6H2,1-2H3,(H,11,15)(H,13,14)/t8-/m0/s1. The van der Waals surface area contributed by atoms with Crippen molar-refractivity contribution in [2.24, 2.45) is 5.92 Å². The van der Waals surface area contributed by atoms with Crippen molar-refractivity contribution < 1.29 is 14.7 Å². The van der Waals surface area contributed by atoms with E-state index in [0.717, 1.165) is 6.42 Å². The van der Waals surface area contributed by atoms with Crippen molar-refractivity contribution in [2.75, 3.05) is 18.2 Å². The summed E-state index contributed by atoms with van der Waals surface area (Å²) in [6.45, 7) is 4.76. The summed E-state index contributed by atoms with van der Waals surface area (Å²) in [5.41, 5.74) is 0. The van der Waals surface area contributed by atoms with E-state index in [-0.39, 0.29) is 6.03 Å². The summed E-state index contributed by atoms with van der Waals surface area (Å²) >= 11 is 1.47. The van der Waals surface area contributed by atoms with Gasteiger partial charge in [-0.3, -0.25) is 0 Å². The first-order valence-electron chi connectivity index (χ1n) is 5.37. The molecule has 0 spiro atoms. The number of carbonyl (C=O) groups is 2. The van der Waals surface area contributed by atoms with Crippen molar-refractivity contribution in [3.05, 3.63) is 0 Å². The lowest BCUT2D eigenvalue weighted by Gasteiger charge is -2.21. The Hall–Kier alpha value is -0.910. The largest absolute Gasteiger partial charge is 0.480 e. The fourth-order valence-corrected chi connectivity index (χ4v) is 2.56. The molecule has 0 radical (unpaired) electrons. The number of thioether (sulfide) groups is 1. The highest BCUT2D eigenvalue weighted by atomic mass is 32.2. The topological polar surface area (TPSA) is 69.6 Å². The number of amides is 2. The van der Waals surface area contributed by atoms with Crippen LogP contribution in [0.1, 0.15) is 20.3 Å². The summed E-state index contributed by atoms with van der Waals surface area (Å²) in [7, 11) is 0. The third kappa shape index (κ3) is 3.59. The van der Waals surface area contributed by atoms with Crippen molar-refractivity contribution in [1.82, 2.24) is 10.2 Å². The second-order valence-electron chi connectivity index (χ2n) is 4.24. The number of carboxylic acid groups (broad SMARTS) is 1. The molecule has 2 amide bonds. The van der Waals surface area contributed by atoms with Crippen LogP contribution in [0.15, 0.2) is 0 Å². The molecule has 6 heteroatoms. The van der Waals surface area contributed by atoms with Gasteiger partial charge in [-0.15, -0.1) is 11.8 Å². The van der Waals surface area contributed by atoms with Gasteiger partial charge in [0.1, 0.15) is 6.04 Å². The summed E-state index contributed by atoms with van der Waals surface area (Å²) in [6.07, 6.45) is 0.907. The van der Waals surface area contributed by atoms with Crippen LogP contribution in [0, 0.1) is 5.92 Å². The van der Waals surface area contributed by atoms with Gasteiger partial charge in [0.2, 0.25) is 0 Å². The van der Waals surface area contributed by atoms with Gasteiger partial charge >= 0.3 is 12.0 Å². The Morgan fingerprint density at radius 1 is 1.56 bits per heavy atom. The fourth-order valence-electron chi connectivity index (χ4n) is 1.42. The number of hydrogen-bond acceptors (Lipinski definition) is 3. The van der Waals surface area contributed by atoms with Gasteiger partial charge in [0, 0.05) is 12.3 Å². The van der Waals surface area contributed by atoms with Gasteiger partial charge in [-0.05, 0) is 12.3 Å². The molecule has 1 saturated heterocycles. The quantitative estimate of drug-likeness (QED) is 0.782. The molecule has 0 aromatic carbocycles. The molecule has 1 aliphatic rings. The van der Waals surface area contributed by atoms with Gasteiger partial charge in [-0.25, -0.2) is 9.59 Å². The Balaban J connectivity index is 2.38. The number of rotatable bonds is 4. The third-order valence-electron chi connectivity index (χ3n) is 2.43. The highest BCUT2D eigenvalue weighted by Crippen LogP contribution is 2.20. The van der Waals surface area contributed by atoms with Crippen molar-refractivity contribution in [3.8, 4) is 0 Å². The first-order valence-corrected chi connectivity index (χ1v) is 6.53. The maximum absolute atomic E-state index is 11.7. The molecule has 92 valence electrons. The van der Waals surface area contributed by atoms with Crippen LogP contribution in [0.2, 0.25) is 0 Å². The predicted molar refractivity (Wildman–Crippen MR) is 63.4 cm³/mol. The average molecular weight is 246 g/mol. The van der Waals surface area contributed by atoms with E-state index in [1.165, 1.54) is 16.7 Å². The normalized spacial score (nSPS) is 20.2. The molecule has 0 aromatic heterocycles. The van der Waals surface area contributed by atoms with Crippen LogP contribution in [0.4, 0.5) is 4.79 Å². The van der Waals surface area contributed by atoms with Gasteiger partial charge < -0.3 is 15.3 Å². The monoisotopic (exact) mass is 246 g/mol. The summed E-state index contributed by atoms with van der Waals surface area (Å²) in [5.74, 6) is 0.546. The van der Waals surface area contributed by atoms with Gasteiger partial charge in [-0.2, -0.15) is 0 Å². The molecule has 0 bridgehead atoms. The van der Waals surface area contributed by atoms with Crippen LogP contribution in [-0.2, 0) is 4.79 Å². The number of urea groups is 1. The lowest BCUT2D eigenvalue weighted by molar-refractivity contribution is -0.140. The van der Waals surface area contributed by atoms with Crippen LogP contribution in [-0.4, -0.2) is 46.2 Å². The number of nitrogens with one attached hydrogen (secondary N) is 1. The smallest absolute Gasteiger partial charge is 0.327 e. The Morgan fingerprint density at radius 2 is 2.25 bits per heavy atom. The molecule has 0 aromatic rings. The highest BCUT2D eigenvalue weighted by Gasteiger charge is 2.34. The second kappa shape index (κ2) is 5.98. The molecule has 0 aliphatic carbocycles. The zero-order valence-electron chi connectivity index (χ0n) is 9.60. The number of nitrogens with zero attached hydrogens (tertiary/aromatic N) is 1. The molecule has 1 fully saturated rings. The van der Waals surface area contributed by atoms with E-state index in [2.05, 4.69) is 19.2 Å². The highest BCUT2D eigenvalue weighted by molar-refractivity contribution is 7.99. The summed E-state index contributed by atoms with van der Waals surface area (Å²) in [6, 6.07) is -0.943. The number of hydrogen-bond donors (Lipinski definition) is 2. The molecule has 0 unspecified atom stereocenters. The minimum atomic E-state index is -0.927. The lowest BCUT2D eigenvalue weighted by atomic mass is 10.1. The van der Waals surface area contributed by atoms with Crippen LogP contribution in [0.25, 0.3) is 0 Å². The molecule has 0 saturated carbocycles. The van der Waals surface area contributed by atoms with Crippen LogP contribution < -0.4 is 5.32 Å². The number of carbonyl (C=O) groups excluding carboxylic acids is 1. The molecular formula is C10H18N2O3S. The second-order valence-corrected chi connectivity index (χ2v) is 5.24. The third-order valence-corrected chi connectivity index (χ3v) is 3.44. The Labute approximate surface area is 99.6 Å². The first kappa shape index (κ1) is 13.2. The van der Waals surface area contributed by atoms with E-state index >= 15 is 0 Å². The Morgan fingerprint density at radius 3 is 2.81 bits per heavy atom. The lowest BCUT2D eigenvalue weighted by Crippen LogP contribution is -2.47. The predicted octanol–water partition coefficient (Wildman–Crippen LogP) is 1.20. The van der Waals surface area contributed by atoms with Crippen molar-refractivity contribution in [3.63, 3.8) is 0 Å². The van der Waals surface area contributed by atoms with Gasteiger partial charge in [0.05, 0.1) is 5.88 Å². The Bertz CT molecular complexity index is 271. The average Bonchev–Trinajstić information content (AvgIpc) is 2.65. The van der Waals surface area contributed by atoms with E-state index in [1.54, 1.807) is 0 Å². The molecule has 2 N–H and O–H groups in total. The Kier molecular flexibility index (Phi) is 4.92. The minimum Gasteiger partial charge on any atom is -0.480 e. The first-order chi connectivity index (χ1) is 7.52. The maximum atomic E-state index is 11.7. The van der Waals surface area contributed by atoms with Gasteiger partial charge in [-0.1, -0.05) is 13.8 Å². The van der Waals surface area contributed by atoms with E-state index in [4.69, 9.17) is 5.11 Å². The van der Waals surface area contributed by atoms with Crippen molar-refractivity contribution in [1.29, 1.82) is 0 Å². The van der Waals surface area contributed by atoms with Crippen LogP contribution in [0.3, 0.4) is 0 Å². The molecule has 1 heterocycles. The van der Waals surface area contributed by atoms with Crippen molar-refractivity contribution >= 4 is 23.8 Å². The van der Waals surface area contributed by atoms with Crippen LogP contribution in [0.5, 0.6) is 0 Å². The van der Waals surface area contributed by atoms with Crippen molar-refractivity contribution in [2.45, 2.75) is 26.3 Å². The summed E-state index contributed by atoms with van der Waals surface area (Å²) in [4.78, 5) is 23.9. The molecular weight excluding hydrogens is 228 g/mol. The molecule has 1 atom stereocenters. The zero-order valence-corrected chi connectivity index (χ0v) is 10.4. The van der Waals surface area contributed by atoms with Gasteiger partial charge in [0.15, 0.2) is 0 Å². The maximum Gasteiger partial charge on any atom is 0.327 e. The van der Waals surface area contributed by atoms with E-state index in [0.29, 0.717) is 24.1 Å². The van der Waals surface area contributed by atoms with E-state index in [1.807, 2.05) is 0 Å². The molecule has 5 nitrogen and oxygen atoms in total. The van der Waals surface area contributed by atoms with E-state index < -0.39 is 12.0 Å². The summed E-state index contributed by atoms with van der Waals surface area (Å²) < 4.78 is 0. The number of carboxylic acids is 1. The number of aliphatic carboxylic acids is 1. The SMILES string of the molecule is CC(C)CCNC(=O)N1CSC[C@H]1C(=O)O. The molecule has 1 rings (SSSR count). The minimum absolute atomic E-state index is 0.266. The summed E-state index contributed by atoms with van der Waals surface area (Å²) in [5, 5.41) is 11.7. The van der Waals surface area contributed by atoms with Crippen LogP contribution >= 0.6 is 11.8 Å². The molecule has 16 heavy (non-hydrogen) atoms. The molecule has 1 aliphatic heterocycles. The fraction of sp³-hybridized carbons (Fsp3) is 0.800.